The van der Waals surface area contributed by atoms with E-state index in [1.807, 2.05) is 11.8 Å². The van der Waals surface area contributed by atoms with Crippen LogP contribution >= 0.6 is 11.8 Å². The first-order valence-corrected chi connectivity index (χ1v) is 6.18. The summed E-state index contributed by atoms with van der Waals surface area (Å²) in [5.74, 6) is 7.39. The average molecular weight is 204 g/mol. The van der Waals surface area contributed by atoms with Gasteiger partial charge in [0.25, 0.3) is 0 Å². The van der Waals surface area contributed by atoms with E-state index in [1.54, 1.807) is 0 Å². The predicted octanol–water partition coefficient (Wildman–Crippen LogP) is 2.40. The summed E-state index contributed by atoms with van der Waals surface area (Å²) in [6, 6.07) is 0.481. The first kappa shape index (κ1) is 13.3. The molecule has 0 amide bonds. The molecular formula is C10H24N2S. The van der Waals surface area contributed by atoms with Gasteiger partial charge in [-0.15, -0.1) is 0 Å². The minimum atomic E-state index is 0.481. The molecule has 0 radical (unpaired) electrons. The van der Waals surface area contributed by atoms with Crippen molar-refractivity contribution in [2.45, 2.75) is 51.8 Å². The molecule has 0 heterocycles. The zero-order valence-corrected chi connectivity index (χ0v) is 10.2. The van der Waals surface area contributed by atoms with Gasteiger partial charge in [0.2, 0.25) is 0 Å². The smallest absolute Gasteiger partial charge is 0.0301 e. The fourth-order valence-electron chi connectivity index (χ4n) is 1.06. The van der Waals surface area contributed by atoms with Gasteiger partial charge in [0.1, 0.15) is 0 Å². The molecule has 13 heavy (non-hydrogen) atoms. The quantitative estimate of drug-likeness (QED) is 0.494. The van der Waals surface area contributed by atoms with E-state index in [2.05, 4.69) is 33.1 Å². The molecule has 0 bridgehead atoms. The van der Waals surface area contributed by atoms with Crippen molar-refractivity contribution in [2.24, 2.45) is 11.8 Å². The molecule has 0 aliphatic rings. The molecule has 3 N–H and O–H groups in total. The lowest BCUT2D eigenvalue weighted by molar-refractivity contribution is 0.463. The molecule has 0 aromatic carbocycles. The lowest BCUT2D eigenvalue weighted by Gasteiger charge is -2.17. The van der Waals surface area contributed by atoms with Crippen molar-refractivity contribution in [2.75, 3.05) is 5.75 Å². The number of nitrogens with two attached hydrogens (primary N) is 1. The molecule has 1 atom stereocenters. The van der Waals surface area contributed by atoms with Gasteiger partial charge in [0, 0.05) is 11.8 Å². The zero-order valence-electron chi connectivity index (χ0n) is 9.34. The normalized spacial score (nSPS) is 14.1. The fraction of sp³-hybridized carbons (Fsp3) is 1.00. The molecule has 0 rings (SSSR count). The molecule has 0 aliphatic carbocycles. The number of hydrazine groups is 1. The summed E-state index contributed by atoms with van der Waals surface area (Å²) >= 11 is 1.97. The molecule has 2 nitrogen and oxygen atoms in total. The summed E-state index contributed by atoms with van der Waals surface area (Å²) in [4.78, 5) is 0. The second kappa shape index (κ2) is 7.65. The maximum Gasteiger partial charge on any atom is 0.0301 e. The Balaban J connectivity index is 3.51. The van der Waals surface area contributed by atoms with Gasteiger partial charge in [-0.3, -0.25) is 11.3 Å². The molecular weight excluding hydrogens is 180 g/mol. The summed E-state index contributed by atoms with van der Waals surface area (Å²) in [5, 5.41) is 0.704. The Morgan fingerprint density at radius 3 is 2.15 bits per heavy atom. The highest BCUT2D eigenvalue weighted by molar-refractivity contribution is 7.99. The van der Waals surface area contributed by atoms with Crippen molar-refractivity contribution in [3.63, 3.8) is 0 Å². The largest absolute Gasteiger partial charge is 0.271 e. The monoisotopic (exact) mass is 204 g/mol. The minimum Gasteiger partial charge on any atom is -0.271 e. The molecule has 0 saturated heterocycles. The van der Waals surface area contributed by atoms with Crippen LogP contribution in [-0.4, -0.2) is 17.0 Å². The maximum absolute atomic E-state index is 5.48. The highest BCUT2D eigenvalue weighted by atomic mass is 32.2. The number of thioether (sulfide) groups is 1. The van der Waals surface area contributed by atoms with E-state index in [0.717, 1.165) is 11.7 Å². The molecule has 0 aromatic rings. The Hall–Kier alpha value is 0.270. The van der Waals surface area contributed by atoms with Gasteiger partial charge >= 0.3 is 0 Å². The molecule has 0 aromatic heterocycles. The van der Waals surface area contributed by atoms with Crippen LogP contribution in [-0.2, 0) is 0 Å². The Labute approximate surface area is 87.0 Å². The van der Waals surface area contributed by atoms with E-state index in [0.29, 0.717) is 11.3 Å². The standard InChI is InChI=1S/C10H24N2S/c1-8(2)5-6-10(12-11)7-13-9(3)4/h8-10,12H,5-7,11H2,1-4H3. The van der Waals surface area contributed by atoms with Crippen LogP contribution < -0.4 is 11.3 Å². The third-order valence-electron chi connectivity index (χ3n) is 1.96. The second-order valence-corrected chi connectivity index (χ2v) is 5.83. The van der Waals surface area contributed by atoms with Gasteiger partial charge in [0.05, 0.1) is 0 Å². The summed E-state index contributed by atoms with van der Waals surface area (Å²) < 4.78 is 0. The molecule has 0 saturated carbocycles. The van der Waals surface area contributed by atoms with E-state index >= 15 is 0 Å². The first-order chi connectivity index (χ1) is 6.06. The highest BCUT2D eigenvalue weighted by Gasteiger charge is 2.08. The van der Waals surface area contributed by atoms with Gasteiger partial charge in [0.15, 0.2) is 0 Å². The Morgan fingerprint density at radius 1 is 1.15 bits per heavy atom. The van der Waals surface area contributed by atoms with Crippen LogP contribution in [0, 0.1) is 5.92 Å². The van der Waals surface area contributed by atoms with E-state index in [4.69, 9.17) is 5.84 Å². The van der Waals surface area contributed by atoms with Crippen molar-refractivity contribution in [3.05, 3.63) is 0 Å². The van der Waals surface area contributed by atoms with Gasteiger partial charge < -0.3 is 0 Å². The van der Waals surface area contributed by atoms with Crippen LogP contribution in [0.1, 0.15) is 40.5 Å². The molecule has 1 unspecified atom stereocenters. The van der Waals surface area contributed by atoms with Crippen molar-refractivity contribution in [1.82, 2.24) is 5.43 Å². The van der Waals surface area contributed by atoms with Crippen LogP contribution in [0.3, 0.4) is 0 Å². The van der Waals surface area contributed by atoms with Crippen molar-refractivity contribution in [3.8, 4) is 0 Å². The molecule has 0 spiro atoms. The van der Waals surface area contributed by atoms with Crippen molar-refractivity contribution >= 4 is 11.8 Å². The predicted molar refractivity (Wildman–Crippen MR) is 62.8 cm³/mol. The zero-order chi connectivity index (χ0) is 10.3. The van der Waals surface area contributed by atoms with Gasteiger partial charge in [-0.05, 0) is 24.0 Å². The number of rotatable bonds is 7. The maximum atomic E-state index is 5.48. The minimum absolute atomic E-state index is 0.481. The number of hydrogen-bond donors (Lipinski definition) is 2. The number of hydrogen-bond acceptors (Lipinski definition) is 3. The van der Waals surface area contributed by atoms with Crippen LogP contribution in [0.25, 0.3) is 0 Å². The van der Waals surface area contributed by atoms with Gasteiger partial charge in [-0.1, -0.05) is 27.7 Å². The summed E-state index contributed by atoms with van der Waals surface area (Å²) in [7, 11) is 0. The fourth-order valence-corrected chi connectivity index (χ4v) is 1.94. The Morgan fingerprint density at radius 2 is 1.77 bits per heavy atom. The highest BCUT2D eigenvalue weighted by Crippen LogP contribution is 2.14. The van der Waals surface area contributed by atoms with E-state index in [9.17, 15) is 0 Å². The Bertz CT molecular complexity index is 103. The molecule has 0 fully saturated rings. The molecule has 0 aliphatic heterocycles. The average Bonchev–Trinajstić information content (AvgIpc) is 2.04. The second-order valence-electron chi connectivity index (χ2n) is 4.22. The molecule has 3 heteroatoms. The third-order valence-corrected chi connectivity index (χ3v) is 3.22. The summed E-state index contributed by atoms with van der Waals surface area (Å²) in [5.41, 5.74) is 2.89. The van der Waals surface area contributed by atoms with E-state index in [-0.39, 0.29) is 0 Å². The first-order valence-electron chi connectivity index (χ1n) is 5.14. The third kappa shape index (κ3) is 8.60. The van der Waals surface area contributed by atoms with Crippen molar-refractivity contribution < 1.29 is 0 Å². The Kier molecular flexibility index (Phi) is 7.81. The van der Waals surface area contributed by atoms with Crippen LogP contribution in [0.4, 0.5) is 0 Å². The lowest BCUT2D eigenvalue weighted by atomic mass is 10.0. The van der Waals surface area contributed by atoms with E-state index < -0.39 is 0 Å². The van der Waals surface area contributed by atoms with Crippen LogP contribution in [0.5, 0.6) is 0 Å². The van der Waals surface area contributed by atoms with E-state index in [1.165, 1.54) is 12.8 Å². The van der Waals surface area contributed by atoms with Gasteiger partial charge in [-0.2, -0.15) is 11.8 Å². The SMILES string of the molecule is CC(C)CCC(CSC(C)C)NN. The summed E-state index contributed by atoms with van der Waals surface area (Å²) in [6.45, 7) is 8.95. The van der Waals surface area contributed by atoms with Crippen LogP contribution in [0.15, 0.2) is 0 Å². The number of nitrogens with one attached hydrogen (secondary N) is 1. The lowest BCUT2D eigenvalue weighted by Crippen LogP contribution is -2.37. The van der Waals surface area contributed by atoms with Crippen molar-refractivity contribution in [1.29, 1.82) is 0 Å². The topological polar surface area (TPSA) is 38.0 Å². The molecule has 80 valence electrons. The van der Waals surface area contributed by atoms with Gasteiger partial charge in [-0.25, -0.2) is 0 Å². The van der Waals surface area contributed by atoms with Crippen LogP contribution in [0.2, 0.25) is 0 Å². The summed E-state index contributed by atoms with van der Waals surface area (Å²) in [6.07, 6.45) is 2.45.